The van der Waals surface area contributed by atoms with Crippen LogP contribution >= 0.6 is 0 Å². The summed E-state index contributed by atoms with van der Waals surface area (Å²) in [7, 11) is 0. The summed E-state index contributed by atoms with van der Waals surface area (Å²) in [4.78, 5) is 22.3. The fraction of sp³-hybridized carbons (Fsp3) is 0.857. The van der Waals surface area contributed by atoms with Gasteiger partial charge in [-0.2, -0.15) is 0 Å². The normalized spacial score (nSPS) is 46.6. The van der Waals surface area contributed by atoms with Gasteiger partial charge in [-0.25, -0.2) is 4.79 Å². The van der Waals surface area contributed by atoms with Crippen LogP contribution in [0.2, 0.25) is 0 Å². The van der Waals surface area contributed by atoms with E-state index < -0.39 is 73.2 Å². The molecular formula is C14H23NO11. The Bertz CT molecular complexity index is 531. The number of aliphatic hydroxyl groups is 5. The van der Waals surface area contributed by atoms with E-state index in [0.717, 1.165) is 6.92 Å². The molecule has 0 aromatic carbocycles. The molecule has 0 radical (unpaired) electrons. The summed E-state index contributed by atoms with van der Waals surface area (Å²) in [6.45, 7) is 2.58. The van der Waals surface area contributed by atoms with Crippen molar-refractivity contribution < 1.29 is 54.4 Å². The Labute approximate surface area is 147 Å². The number of rotatable bonds is 4. The van der Waals surface area contributed by atoms with Gasteiger partial charge in [0.15, 0.2) is 18.7 Å². The summed E-state index contributed by atoms with van der Waals surface area (Å²) in [6.07, 6.45) is -14.4. The molecule has 2 heterocycles. The topological polar surface area (TPSA) is 195 Å². The number of aliphatic carboxylic acids is 1. The van der Waals surface area contributed by atoms with Gasteiger partial charge in [-0.1, -0.05) is 0 Å². The number of hydrogen-bond acceptors (Lipinski definition) is 10. The first-order valence-corrected chi connectivity index (χ1v) is 7.91. The number of carbonyl (C=O) groups is 2. The first kappa shape index (κ1) is 20.9. The second-order valence-electron chi connectivity index (χ2n) is 6.28. The third-order valence-electron chi connectivity index (χ3n) is 4.31. The molecule has 2 fully saturated rings. The van der Waals surface area contributed by atoms with Gasteiger partial charge in [0.2, 0.25) is 5.91 Å². The van der Waals surface area contributed by atoms with Gasteiger partial charge in [-0.15, -0.1) is 0 Å². The summed E-state index contributed by atoms with van der Waals surface area (Å²) in [5.41, 5.74) is 0. The van der Waals surface area contributed by atoms with Crippen LogP contribution in [0.5, 0.6) is 0 Å². The maximum atomic E-state index is 11.3. The van der Waals surface area contributed by atoms with Gasteiger partial charge in [-0.05, 0) is 6.92 Å². The van der Waals surface area contributed by atoms with Crippen molar-refractivity contribution in [2.45, 2.75) is 75.2 Å². The number of ether oxygens (including phenoxy) is 3. The Morgan fingerprint density at radius 1 is 0.962 bits per heavy atom. The fourth-order valence-corrected chi connectivity index (χ4v) is 2.89. The van der Waals surface area contributed by atoms with Gasteiger partial charge in [0, 0.05) is 6.92 Å². The summed E-state index contributed by atoms with van der Waals surface area (Å²) in [5.74, 6) is -2.16. The van der Waals surface area contributed by atoms with Crippen molar-refractivity contribution >= 4 is 11.9 Å². The number of hydrogen-bond donors (Lipinski definition) is 7. The molecule has 0 aromatic heterocycles. The SMILES string of the molecule is CC(=O)NC1C(OC2C(O)OC(C(=O)O)C(O)C2O)OC(C)C(O)C1O. The zero-order valence-electron chi connectivity index (χ0n) is 14.0. The predicted octanol–water partition coefficient (Wildman–Crippen LogP) is -4.13. The molecule has 150 valence electrons. The number of carbonyl (C=O) groups excluding carboxylic acids is 1. The molecule has 2 aliphatic rings. The van der Waals surface area contributed by atoms with Gasteiger partial charge in [0.05, 0.1) is 6.10 Å². The third kappa shape index (κ3) is 4.13. The number of carboxylic acids is 1. The molecule has 26 heavy (non-hydrogen) atoms. The van der Waals surface area contributed by atoms with E-state index in [4.69, 9.17) is 19.3 Å². The number of amides is 1. The molecule has 0 spiro atoms. The van der Waals surface area contributed by atoms with Gasteiger partial charge in [0.25, 0.3) is 0 Å². The van der Waals surface area contributed by atoms with Crippen LogP contribution in [-0.4, -0.2) is 104 Å². The molecule has 0 saturated carbocycles. The van der Waals surface area contributed by atoms with Crippen LogP contribution < -0.4 is 5.32 Å². The first-order chi connectivity index (χ1) is 12.0. The molecule has 2 rings (SSSR count). The average molecular weight is 381 g/mol. The molecular weight excluding hydrogens is 358 g/mol. The third-order valence-corrected chi connectivity index (χ3v) is 4.31. The van der Waals surface area contributed by atoms with E-state index in [2.05, 4.69) is 5.32 Å². The summed E-state index contributed by atoms with van der Waals surface area (Å²) < 4.78 is 15.5. The standard InChI is InChI=1S/C14H23NO11/c1-3-6(17)7(18)5(15-4(2)16)14(24-3)26-11-9(20)8(19)10(12(21)22)25-13(11)23/h3,5-11,13-14,17-20,23H,1-2H3,(H,15,16)(H,21,22). The lowest BCUT2D eigenvalue weighted by molar-refractivity contribution is -0.341. The fourth-order valence-electron chi connectivity index (χ4n) is 2.89. The van der Waals surface area contributed by atoms with Crippen LogP contribution in [0.15, 0.2) is 0 Å². The molecule has 0 aliphatic carbocycles. The van der Waals surface area contributed by atoms with Crippen molar-refractivity contribution in [2.75, 3.05) is 0 Å². The summed E-state index contributed by atoms with van der Waals surface area (Å²) >= 11 is 0. The van der Waals surface area contributed by atoms with E-state index in [1.165, 1.54) is 6.92 Å². The maximum Gasteiger partial charge on any atom is 0.335 e. The molecule has 0 aromatic rings. The number of carboxylic acid groups (broad SMARTS) is 1. The van der Waals surface area contributed by atoms with Gasteiger partial charge in [0.1, 0.15) is 36.6 Å². The van der Waals surface area contributed by atoms with Crippen molar-refractivity contribution in [2.24, 2.45) is 0 Å². The van der Waals surface area contributed by atoms with E-state index >= 15 is 0 Å². The lowest BCUT2D eigenvalue weighted by Gasteiger charge is -2.45. The molecule has 12 heteroatoms. The molecule has 10 atom stereocenters. The lowest BCUT2D eigenvalue weighted by Crippen LogP contribution is -2.67. The van der Waals surface area contributed by atoms with Crippen LogP contribution in [0.25, 0.3) is 0 Å². The number of aliphatic hydroxyl groups excluding tert-OH is 5. The van der Waals surface area contributed by atoms with Gasteiger partial charge < -0.3 is 50.2 Å². The molecule has 2 aliphatic heterocycles. The number of nitrogens with one attached hydrogen (secondary N) is 1. The average Bonchev–Trinajstić information content (AvgIpc) is 2.55. The van der Waals surface area contributed by atoms with E-state index in [1.807, 2.05) is 0 Å². The second-order valence-corrected chi connectivity index (χ2v) is 6.28. The van der Waals surface area contributed by atoms with Crippen molar-refractivity contribution in [1.29, 1.82) is 0 Å². The summed E-state index contributed by atoms with van der Waals surface area (Å²) in [6, 6.07) is -1.26. The van der Waals surface area contributed by atoms with Crippen LogP contribution in [0.4, 0.5) is 0 Å². The van der Waals surface area contributed by atoms with Crippen LogP contribution in [0, 0.1) is 0 Å². The van der Waals surface area contributed by atoms with Crippen molar-refractivity contribution in [1.82, 2.24) is 5.32 Å². The highest BCUT2D eigenvalue weighted by Gasteiger charge is 2.51. The lowest BCUT2D eigenvalue weighted by atomic mass is 9.96. The quantitative estimate of drug-likeness (QED) is 0.250. The molecule has 12 nitrogen and oxygen atoms in total. The van der Waals surface area contributed by atoms with E-state index in [-0.39, 0.29) is 0 Å². The molecule has 0 bridgehead atoms. The summed E-state index contributed by atoms with van der Waals surface area (Å²) in [5, 5.41) is 61.1. The second kappa shape index (κ2) is 8.10. The first-order valence-electron chi connectivity index (χ1n) is 7.91. The predicted molar refractivity (Wildman–Crippen MR) is 79.4 cm³/mol. The monoisotopic (exact) mass is 381 g/mol. The Balaban J connectivity index is 2.18. The van der Waals surface area contributed by atoms with E-state index in [1.54, 1.807) is 0 Å². The Morgan fingerprint density at radius 3 is 2.12 bits per heavy atom. The van der Waals surface area contributed by atoms with Crippen LogP contribution in [0.3, 0.4) is 0 Å². The zero-order valence-corrected chi connectivity index (χ0v) is 14.0. The van der Waals surface area contributed by atoms with Crippen molar-refractivity contribution in [3.63, 3.8) is 0 Å². The van der Waals surface area contributed by atoms with Crippen LogP contribution in [0.1, 0.15) is 13.8 Å². The minimum Gasteiger partial charge on any atom is -0.479 e. The zero-order chi connectivity index (χ0) is 19.8. The molecule has 1 amide bonds. The molecule has 7 N–H and O–H groups in total. The largest absolute Gasteiger partial charge is 0.479 e. The Hall–Kier alpha value is -1.38. The highest BCUT2D eigenvalue weighted by molar-refractivity contribution is 5.73. The Kier molecular flexibility index (Phi) is 6.52. The molecule has 2 saturated heterocycles. The van der Waals surface area contributed by atoms with Gasteiger partial charge in [-0.3, -0.25) is 4.79 Å². The minimum absolute atomic E-state index is 0.569. The van der Waals surface area contributed by atoms with Gasteiger partial charge >= 0.3 is 5.97 Å². The van der Waals surface area contributed by atoms with Crippen molar-refractivity contribution in [3.8, 4) is 0 Å². The molecule has 10 unspecified atom stereocenters. The maximum absolute atomic E-state index is 11.3. The Morgan fingerprint density at radius 2 is 1.58 bits per heavy atom. The highest BCUT2D eigenvalue weighted by atomic mass is 16.7. The smallest absolute Gasteiger partial charge is 0.335 e. The minimum atomic E-state index is -1.93. The van der Waals surface area contributed by atoms with E-state index in [0.29, 0.717) is 0 Å². The van der Waals surface area contributed by atoms with Crippen LogP contribution in [-0.2, 0) is 23.8 Å². The highest BCUT2D eigenvalue weighted by Crippen LogP contribution is 2.28. The van der Waals surface area contributed by atoms with Crippen molar-refractivity contribution in [3.05, 3.63) is 0 Å². The van der Waals surface area contributed by atoms with E-state index in [9.17, 15) is 35.1 Å².